The van der Waals surface area contributed by atoms with E-state index in [4.69, 9.17) is 11.6 Å². The molecule has 3 aromatic rings. The molecule has 1 aliphatic heterocycles. The molecule has 8 heteroatoms. The van der Waals surface area contributed by atoms with Crippen LogP contribution in [0, 0.1) is 0 Å². The Labute approximate surface area is 181 Å². The first kappa shape index (κ1) is 20.9. The summed E-state index contributed by atoms with van der Waals surface area (Å²) in [5, 5.41) is 1.43. The first-order chi connectivity index (χ1) is 14.4. The first-order valence-corrected chi connectivity index (χ1v) is 11.9. The molecule has 30 heavy (non-hydrogen) atoms. The lowest BCUT2D eigenvalue weighted by atomic mass is 10.1. The molecule has 0 unspecified atom stereocenters. The molecule has 1 amide bonds. The fourth-order valence-corrected chi connectivity index (χ4v) is 5.45. The van der Waals surface area contributed by atoms with Gasteiger partial charge in [-0.2, -0.15) is 4.31 Å². The molecule has 6 nitrogen and oxygen atoms in total. The largest absolute Gasteiger partial charge is 0.347 e. The van der Waals surface area contributed by atoms with Gasteiger partial charge in [-0.1, -0.05) is 36.7 Å². The van der Waals surface area contributed by atoms with E-state index < -0.39 is 10.0 Å². The number of piperazine rings is 1. The van der Waals surface area contributed by atoms with Crippen molar-refractivity contribution in [3.63, 3.8) is 0 Å². The highest BCUT2D eigenvalue weighted by molar-refractivity contribution is 7.89. The van der Waals surface area contributed by atoms with Gasteiger partial charge in [0, 0.05) is 54.8 Å². The summed E-state index contributed by atoms with van der Waals surface area (Å²) in [5.41, 5.74) is 1.72. The van der Waals surface area contributed by atoms with Crippen LogP contribution in [-0.2, 0) is 16.6 Å². The molecule has 1 aromatic heterocycles. The van der Waals surface area contributed by atoms with Crippen LogP contribution in [0.4, 0.5) is 0 Å². The lowest BCUT2D eigenvalue weighted by molar-refractivity contribution is 0.0699. The molecule has 2 heterocycles. The van der Waals surface area contributed by atoms with Gasteiger partial charge in [0.05, 0.1) is 10.5 Å². The summed E-state index contributed by atoms with van der Waals surface area (Å²) in [6.45, 7) is 4.21. The Morgan fingerprint density at radius 1 is 1.00 bits per heavy atom. The number of fused-ring (bicyclic) bond motifs is 1. The van der Waals surface area contributed by atoms with E-state index in [1.807, 2.05) is 30.5 Å². The van der Waals surface area contributed by atoms with E-state index in [1.165, 1.54) is 16.4 Å². The van der Waals surface area contributed by atoms with Gasteiger partial charge in [-0.15, -0.1) is 0 Å². The van der Waals surface area contributed by atoms with Crippen molar-refractivity contribution in [2.24, 2.45) is 0 Å². The Morgan fingerprint density at radius 3 is 2.33 bits per heavy atom. The molecule has 158 valence electrons. The average Bonchev–Trinajstić information content (AvgIpc) is 3.13. The maximum atomic E-state index is 13.2. The number of nitrogens with zero attached hydrogens (tertiary/aromatic N) is 3. The highest BCUT2D eigenvalue weighted by Gasteiger charge is 2.31. The lowest BCUT2D eigenvalue weighted by Crippen LogP contribution is -2.50. The minimum Gasteiger partial charge on any atom is -0.347 e. The molecule has 0 N–H and O–H groups in total. The Morgan fingerprint density at radius 2 is 1.67 bits per heavy atom. The normalized spacial score (nSPS) is 15.6. The van der Waals surface area contributed by atoms with Crippen LogP contribution in [0.2, 0.25) is 5.02 Å². The fraction of sp³-hybridized carbons (Fsp3) is 0.318. The lowest BCUT2D eigenvalue weighted by Gasteiger charge is -2.34. The summed E-state index contributed by atoms with van der Waals surface area (Å²) in [6, 6.07) is 14.1. The van der Waals surface area contributed by atoms with Crippen LogP contribution in [0.3, 0.4) is 0 Å². The topological polar surface area (TPSA) is 62.6 Å². The Kier molecular flexibility index (Phi) is 5.86. The number of hydrogen-bond donors (Lipinski definition) is 0. The second-order valence-corrected chi connectivity index (χ2v) is 9.78. The predicted molar refractivity (Wildman–Crippen MR) is 118 cm³/mol. The molecule has 2 aromatic carbocycles. The van der Waals surface area contributed by atoms with Gasteiger partial charge < -0.3 is 9.47 Å². The zero-order valence-corrected chi connectivity index (χ0v) is 18.4. The second-order valence-electron chi connectivity index (χ2n) is 7.40. The number of para-hydroxylation sites is 1. The minimum atomic E-state index is -3.60. The van der Waals surface area contributed by atoms with Crippen LogP contribution in [0.1, 0.15) is 23.7 Å². The van der Waals surface area contributed by atoms with Crippen LogP contribution in [0.5, 0.6) is 0 Å². The fourth-order valence-electron chi connectivity index (χ4n) is 3.90. The number of sulfonamides is 1. The van der Waals surface area contributed by atoms with Crippen LogP contribution < -0.4 is 0 Å². The monoisotopic (exact) mass is 445 g/mol. The zero-order chi connectivity index (χ0) is 21.3. The van der Waals surface area contributed by atoms with E-state index in [0.717, 1.165) is 23.9 Å². The molecular formula is C22H24ClN3O3S. The van der Waals surface area contributed by atoms with Gasteiger partial charge in [0.25, 0.3) is 5.91 Å². The molecule has 0 saturated carbocycles. The molecule has 0 spiro atoms. The van der Waals surface area contributed by atoms with Crippen molar-refractivity contribution in [2.45, 2.75) is 24.8 Å². The van der Waals surface area contributed by atoms with Crippen LogP contribution >= 0.6 is 11.6 Å². The summed E-state index contributed by atoms with van der Waals surface area (Å²) in [5.74, 6) is -0.0513. The van der Waals surface area contributed by atoms with E-state index in [1.54, 1.807) is 17.0 Å². The number of carbonyl (C=O) groups excluding carboxylic acids is 1. The SMILES string of the molecule is CCCn1cc(C(=O)N2CCN(S(=O)(=O)c3ccc(Cl)cc3)CC2)c2ccccc21. The van der Waals surface area contributed by atoms with E-state index in [0.29, 0.717) is 23.7 Å². The number of benzene rings is 2. The molecular weight excluding hydrogens is 422 g/mol. The van der Waals surface area contributed by atoms with Crippen molar-refractivity contribution in [1.82, 2.24) is 13.8 Å². The number of halogens is 1. The van der Waals surface area contributed by atoms with Gasteiger partial charge in [0.15, 0.2) is 0 Å². The van der Waals surface area contributed by atoms with Crippen molar-refractivity contribution in [3.05, 3.63) is 65.3 Å². The van der Waals surface area contributed by atoms with Crippen molar-refractivity contribution >= 4 is 38.4 Å². The first-order valence-electron chi connectivity index (χ1n) is 10.0. The van der Waals surface area contributed by atoms with Gasteiger partial charge in [-0.05, 0) is 36.8 Å². The molecule has 1 aliphatic rings. The van der Waals surface area contributed by atoms with Crippen molar-refractivity contribution in [2.75, 3.05) is 26.2 Å². The van der Waals surface area contributed by atoms with Crippen molar-refractivity contribution in [3.8, 4) is 0 Å². The van der Waals surface area contributed by atoms with Crippen LogP contribution in [0.25, 0.3) is 10.9 Å². The van der Waals surface area contributed by atoms with Crippen molar-refractivity contribution < 1.29 is 13.2 Å². The molecule has 0 radical (unpaired) electrons. The summed E-state index contributed by atoms with van der Waals surface area (Å²) in [6.07, 6.45) is 2.90. The number of aromatic nitrogens is 1. The van der Waals surface area contributed by atoms with Gasteiger partial charge in [-0.3, -0.25) is 4.79 Å². The molecule has 0 aliphatic carbocycles. The molecule has 1 fully saturated rings. The Balaban J connectivity index is 1.51. The summed E-state index contributed by atoms with van der Waals surface area (Å²) in [7, 11) is -3.60. The highest BCUT2D eigenvalue weighted by Crippen LogP contribution is 2.25. The second kappa shape index (κ2) is 8.41. The minimum absolute atomic E-state index is 0.0513. The quantitative estimate of drug-likeness (QED) is 0.599. The molecule has 1 saturated heterocycles. The smallest absolute Gasteiger partial charge is 0.256 e. The zero-order valence-electron chi connectivity index (χ0n) is 16.8. The number of aryl methyl sites for hydroxylation is 1. The number of rotatable bonds is 5. The van der Waals surface area contributed by atoms with E-state index >= 15 is 0 Å². The van der Waals surface area contributed by atoms with Crippen LogP contribution in [0.15, 0.2) is 59.6 Å². The maximum absolute atomic E-state index is 13.2. The van der Waals surface area contributed by atoms with Gasteiger partial charge in [0.1, 0.15) is 0 Å². The average molecular weight is 446 g/mol. The maximum Gasteiger partial charge on any atom is 0.256 e. The predicted octanol–water partition coefficient (Wildman–Crippen LogP) is 3.85. The number of carbonyl (C=O) groups is 1. The summed E-state index contributed by atoms with van der Waals surface area (Å²) in [4.78, 5) is 15.2. The highest BCUT2D eigenvalue weighted by atomic mass is 35.5. The summed E-state index contributed by atoms with van der Waals surface area (Å²) < 4.78 is 29.3. The number of amides is 1. The van der Waals surface area contributed by atoms with Gasteiger partial charge >= 0.3 is 0 Å². The summed E-state index contributed by atoms with van der Waals surface area (Å²) >= 11 is 5.87. The van der Waals surface area contributed by atoms with E-state index in [-0.39, 0.29) is 23.9 Å². The van der Waals surface area contributed by atoms with Gasteiger partial charge in [-0.25, -0.2) is 8.42 Å². The van der Waals surface area contributed by atoms with Gasteiger partial charge in [0.2, 0.25) is 10.0 Å². The molecule has 4 rings (SSSR count). The van der Waals surface area contributed by atoms with Crippen LogP contribution in [-0.4, -0.2) is 54.3 Å². The standard InChI is InChI=1S/C22H24ClN3O3S/c1-2-11-25-16-20(19-5-3-4-6-21(19)25)22(27)24-12-14-26(15-13-24)30(28,29)18-9-7-17(23)8-10-18/h3-10,16H,2,11-15H2,1H3. The van der Waals surface area contributed by atoms with E-state index in [9.17, 15) is 13.2 Å². The third kappa shape index (κ3) is 3.85. The number of hydrogen-bond acceptors (Lipinski definition) is 3. The third-order valence-corrected chi connectivity index (χ3v) is 7.63. The molecule has 0 bridgehead atoms. The third-order valence-electron chi connectivity index (χ3n) is 5.46. The Hall–Kier alpha value is -2.35. The molecule has 0 atom stereocenters. The Bertz CT molecular complexity index is 1160. The van der Waals surface area contributed by atoms with Crippen molar-refractivity contribution in [1.29, 1.82) is 0 Å². The van der Waals surface area contributed by atoms with E-state index in [2.05, 4.69) is 11.5 Å².